The van der Waals surface area contributed by atoms with E-state index in [-0.39, 0.29) is 6.03 Å². The predicted molar refractivity (Wildman–Crippen MR) is 117 cm³/mol. The van der Waals surface area contributed by atoms with E-state index in [4.69, 9.17) is 0 Å². The number of piperidine rings is 3. The van der Waals surface area contributed by atoms with Crippen LogP contribution in [0.5, 0.6) is 0 Å². The molecule has 4 saturated heterocycles. The molecule has 2 aromatic rings. The first-order valence-electron chi connectivity index (χ1n) is 10.9. The first kappa shape index (κ1) is 18.5. The Morgan fingerprint density at radius 3 is 2.07 bits per heavy atom. The molecule has 5 heteroatoms. The number of hydrogen-bond acceptors (Lipinski definition) is 3. The second kappa shape index (κ2) is 8.07. The Morgan fingerprint density at radius 2 is 1.45 bits per heavy atom. The summed E-state index contributed by atoms with van der Waals surface area (Å²) < 4.78 is 0. The van der Waals surface area contributed by atoms with E-state index in [0.717, 1.165) is 32.7 Å². The van der Waals surface area contributed by atoms with Crippen molar-refractivity contribution in [1.29, 1.82) is 0 Å². The van der Waals surface area contributed by atoms with Crippen molar-refractivity contribution >= 4 is 11.7 Å². The van der Waals surface area contributed by atoms with E-state index >= 15 is 0 Å². The van der Waals surface area contributed by atoms with Crippen molar-refractivity contribution in [1.82, 2.24) is 15.1 Å². The van der Waals surface area contributed by atoms with Crippen LogP contribution in [0.3, 0.4) is 0 Å². The molecule has 4 aliphatic heterocycles. The molecule has 1 unspecified atom stereocenters. The Hall–Kier alpha value is -2.53. The number of piperazine rings is 1. The molecule has 4 aliphatic rings. The highest BCUT2D eigenvalue weighted by Gasteiger charge is 2.35. The van der Waals surface area contributed by atoms with Gasteiger partial charge in [-0.05, 0) is 55.1 Å². The fourth-order valence-electron chi connectivity index (χ4n) is 5.04. The normalized spacial score (nSPS) is 26.4. The highest BCUT2D eigenvalue weighted by molar-refractivity contribution is 5.75. The number of rotatable bonds is 3. The summed E-state index contributed by atoms with van der Waals surface area (Å²) in [6, 6.07) is 19.7. The Kier molecular flexibility index (Phi) is 5.15. The molecule has 2 aromatic carbocycles. The van der Waals surface area contributed by atoms with Crippen LogP contribution in [-0.4, -0.2) is 67.7 Å². The van der Waals surface area contributed by atoms with Crippen molar-refractivity contribution in [3.8, 4) is 11.1 Å². The summed E-state index contributed by atoms with van der Waals surface area (Å²) in [5, 5.41) is 3.33. The van der Waals surface area contributed by atoms with Gasteiger partial charge in [-0.3, -0.25) is 0 Å². The summed E-state index contributed by atoms with van der Waals surface area (Å²) in [7, 11) is 0. The maximum atomic E-state index is 12.8. The van der Waals surface area contributed by atoms with Crippen LogP contribution >= 0.6 is 0 Å². The fourth-order valence-corrected chi connectivity index (χ4v) is 5.04. The van der Waals surface area contributed by atoms with Crippen LogP contribution in [0.2, 0.25) is 0 Å². The van der Waals surface area contributed by atoms with Crippen LogP contribution < -0.4 is 10.2 Å². The molecule has 4 fully saturated rings. The van der Waals surface area contributed by atoms with Gasteiger partial charge in [0, 0.05) is 44.5 Å². The minimum atomic E-state index is 0.128. The Balaban J connectivity index is 1.15. The van der Waals surface area contributed by atoms with E-state index in [2.05, 4.69) is 63.6 Å². The number of nitrogens with zero attached hydrogens (tertiary/aromatic N) is 3. The van der Waals surface area contributed by atoms with E-state index in [1.807, 2.05) is 11.0 Å². The summed E-state index contributed by atoms with van der Waals surface area (Å²) in [5.41, 5.74) is 3.72. The first-order chi connectivity index (χ1) is 14.3. The monoisotopic (exact) mass is 390 g/mol. The molecule has 0 aromatic heterocycles. The number of urea groups is 1. The molecule has 0 radical (unpaired) electrons. The van der Waals surface area contributed by atoms with Crippen LogP contribution in [0.15, 0.2) is 54.6 Å². The molecule has 2 bridgehead atoms. The molecule has 4 heterocycles. The molecular weight excluding hydrogens is 360 g/mol. The average Bonchev–Trinajstić information content (AvgIpc) is 2.81. The van der Waals surface area contributed by atoms with Crippen LogP contribution in [0.25, 0.3) is 11.1 Å². The summed E-state index contributed by atoms with van der Waals surface area (Å²) in [4.78, 5) is 19.6. The predicted octanol–water partition coefficient (Wildman–Crippen LogP) is 3.28. The SMILES string of the molecule is O=C(NC1CN2CCC1CC2)N1CCN(c2ccc(-c3ccccc3)cc2)CC1. The minimum absolute atomic E-state index is 0.128. The summed E-state index contributed by atoms with van der Waals surface area (Å²) in [6.45, 7) is 6.79. The van der Waals surface area contributed by atoms with Gasteiger partial charge in [0.1, 0.15) is 0 Å². The lowest BCUT2D eigenvalue weighted by molar-refractivity contribution is 0.0728. The van der Waals surface area contributed by atoms with Crippen molar-refractivity contribution in [2.75, 3.05) is 50.7 Å². The van der Waals surface area contributed by atoms with Gasteiger partial charge < -0.3 is 20.0 Å². The van der Waals surface area contributed by atoms with Gasteiger partial charge in [-0.1, -0.05) is 42.5 Å². The van der Waals surface area contributed by atoms with Crippen molar-refractivity contribution < 1.29 is 4.79 Å². The third-order valence-corrected chi connectivity index (χ3v) is 6.87. The van der Waals surface area contributed by atoms with Crippen molar-refractivity contribution in [2.45, 2.75) is 18.9 Å². The highest BCUT2D eigenvalue weighted by atomic mass is 16.2. The largest absolute Gasteiger partial charge is 0.368 e. The number of fused-ring (bicyclic) bond motifs is 3. The lowest BCUT2D eigenvalue weighted by Crippen LogP contribution is -2.60. The zero-order valence-corrected chi connectivity index (χ0v) is 17.0. The highest BCUT2D eigenvalue weighted by Crippen LogP contribution is 2.28. The number of carbonyl (C=O) groups excluding carboxylic acids is 1. The Morgan fingerprint density at radius 1 is 0.793 bits per heavy atom. The molecule has 0 spiro atoms. The lowest BCUT2D eigenvalue weighted by Gasteiger charge is -2.45. The van der Waals surface area contributed by atoms with Gasteiger partial charge in [0.05, 0.1) is 0 Å². The van der Waals surface area contributed by atoms with Gasteiger partial charge in [-0.25, -0.2) is 4.79 Å². The number of benzene rings is 2. The Labute approximate surface area is 173 Å². The third-order valence-electron chi connectivity index (χ3n) is 6.87. The molecular formula is C24H30N4O. The second-order valence-electron chi connectivity index (χ2n) is 8.58. The van der Waals surface area contributed by atoms with E-state index in [9.17, 15) is 4.79 Å². The maximum Gasteiger partial charge on any atom is 0.317 e. The van der Waals surface area contributed by atoms with Gasteiger partial charge in [0.2, 0.25) is 0 Å². The zero-order chi connectivity index (χ0) is 19.6. The third kappa shape index (κ3) is 3.97. The molecule has 0 saturated carbocycles. The summed E-state index contributed by atoms with van der Waals surface area (Å²) in [5.74, 6) is 0.674. The van der Waals surface area contributed by atoms with E-state index in [1.165, 1.54) is 42.7 Å². The van der Waals surface area contributed by atoms with E-state index in [0.29, 0.717) is 12.0 Å². The van der Waals surface area contributed by atoms with Crippen LogP contribution in [0.1, 0.15) is 12.8 Å². The molecule has 5 nitrogen and oxygen atoms in total. The zero-order valence-electron chi connectivity index (χ0n) is 17.0. The molecule has 152 valence electrons. The van der Waals surface area contributed by atoms with Gasteiger partial charge in [-0.15, -0.1) is 0 Å². The molecule has 1 atom stereocenters. The van der Waals surface area contributed by atoms with Crippen LogP contribution in [0.4, 0.5) is 10.5 Å². The standard InChI is InChI=1S/C24H30N4O/c29-24(25-23-18-26-12-10-21(23)11-13-26)28-16-14-27(15-17-28)22-8-6-20(7-9-22)19-4-2-1-3-5-19/h1-9,21,23H,10-18H2,(H,25,29). The average molecular weight is 391 g/mol. The number of carbonyl (C=O) groups is 1. The fraction of sp³-hybridized carbons (Fsp3) is 0.458. The molecule has 6 rings (SSSR count). The summed E-state index contributed by atoms with van der Waals surface area (Å²) >= 11 is 0. The minimum Gasteiger partial charge on any atom is -0.368 e. The van der Waals surface area contributed by atoms with Crippen LogP contribution in [0, 0.1) is 5.92 Å². The molecule has 1 N–H and O–H groups in total. The number of nitrogens with one attached hydrogen (secondary N) is 1. The van der Waals surface area contributed by atoms with Crippen LogP contribution in [-0.2, 0) is 0 Å². The topological polar surface area (TPSA) is 38.8 Å². The Bertz CT molecular complexity index is 822. The second-order valence-corrected chi connectivity index (χ2v) is 8.58. The van der Waals surface area contributed by atoms with Gasteiger partial charge >= 0.3 is 6.03 Å². The van der Waals surface area contributed by atoms with E-state index < -0.39 is 0 Å². The van der Waals surface area contributed by atoms with Crippen molar-refractivity contribution in [3.63, 3.8) is 0 Å². The smallest absolute Gasteiger partial charge is 0.317 e. The van der Waals surface area contributed by atoms with E-state index in [1.54, 1.807) is 0 Å². The number of hydrogen-bond donors (Lipinski definition) is 1. The van der Waals surface area contributed by atoms with Gasteiger partial charge in [-0.2, -0.15) is 0 Å². The number of amides is 2. The van der Waals surface area contributed by atoms with Gasteiger partial charge in [0.15, 0.2) is 0 Å². The molecule has 2 amide bonds. The van der Waals surface area contributed by atoms with Gasteiger partial charge in [0.25, 0.3) is 0 Å². The quantitative estimate of drug-likeness (QED) is 0.874. The van der Waals surface area contributed by atoms with Crippen molar-refractivity contribution in [2.24, 2.45) is 5.92 Å². The first-order valence-corrected chi connectivity index (χ1v) is 10.9. The maximum absolute atomic E-state index is 12.8. The molecule has 29 heavy (non-hydrogen) atoms. The van der Waals surface area contributed by atoms with Crippen molar-refractivity contribution in [3.05, 3.63) is 54.6 Å². The lowest BCUT2D eigenvalue weighted by atomic mass is 9.84. The number of anilines is 1. The summed E-state index contributed by atoms with van der Waals surface area (Å²) in [6.07, 6.45) is 2.47. The molecule has 0 aliphatic carbocycles.